The fourth-order valence-corrected chi connectivity index (χ4v) is 5.32. The predicted octanol–water partition coefficient (Wildman–Crippen LogP) is 7.43. The lowest BCUT2D eigenvalue weighted by Crippen LogP contribution is -2.19. The molecule has 2 aromatic rings. The summed E-state index contributed by atoms with van der Waals surface area (Å²) in [5.41, 5.74) is 2.97. The van der Waals surface area contributed by atoms with Crippen molar-refractivity contribution < 1.29 is 14.6 Å². The third-order valence-electron chi connectivity index (χ3n) is 7.57. The third kappa shape index (κ3) is 8.27. The average molecular weight is 465 g/mol. The summed E-state index contributed by atoms with van der Waals surface area (Å²) in [6, 6.07) is 13.4. The number of hydrogen-bond acceptors (Lipinski definition) is 3. The van der Waals surface area contributed by atoms with Gasteiger partial charge in [-0.05, 0) is 59.9 Å². The average Bonchev–Trinajstić information content (AvgIpc) is 2.85. The van der Waals surface area contributed by atoms with E-state index < -0.39 is 5.97 Å². The van der Waals surface area contributed by atoms with Crippen LogP contribution in [0.15, 0.2) is 48.6 Å². The number of rotatable bonds is 13. The maximum absolute atomic E-state index is 11.6. The van der Waals surface area contributed by atoms with Crippen molar-refractivity contribution >= 4 is 16.7 Å². The Kier molecular flexibility index (Phi) is 10.7. The van der Waals surface area contributed by atoms with Crippen molar-refractivity contribution in [1.82, 2.24) is 0 Å². The van der Waals surface area contributed by atoms with Gasteiger partial charge in [0.25, 0.3) is 0 Å². The molecule has 2 aromatic carbocycles. The maximum Gasteiger partial charge on any atom is 0.333 e. The molecular weight excluding hydrogens is 420 g/mol. The molecule has 1 aliphatic rings. The molecule has 0 aromatic heterocycles. The molecule has 1 aliphatic carbocycles. The van der Waals surface area contributed by atoms with E-state index >= 15 is 0 Å². The topological polar surface area (TPSA) is 46.5 Å². The Labute approximate surface area is 206 Å². The summed E-state index contributed by atoms with van der Waals surface area (Å²) >= 11 is 0. The number of ether oxygens (including phenoxy) is 1. The van der Waals surface area contributed by atoms with Crippen LogP contribution in [0.2, 0.25) is 0 Å². The molecule has 1 saturated carbocycles. The molecule has 0 bridgehead atoms. The van der Waals surface area contributed by atoms with Gasteiger partial charge in [-0.1, -0.05) is 101 Å². The number of esters is 1. The Morgan fingerprint density at radius 3 is 2.24 bits per heavy atom. The van der Waals surface area contributed by atoms with Crippen LogP contribution in [0.25, 0.3) is 10.8 Å². The highest BCUT2D eigenvalue weighted by Gasteiger charge is 2.20. The lowest BCUT2D eigenvalue weighted by Gasteiger charge is -2.28. The molecule has 186 valence electrons. The van der Waals surface area contributed by atoms with Gasteiger partial charge in [-0.3, -0.25) is 0 Å². The summed E-state index contributed by atoms with van der Waals surface area (Å²) in [7, 11) is 0. The number of carbonyl (C=O) groups excluding carboxylic acids is 1. The van der Waals surface area contributed by atoms with Crippen LogP contribution in [0, 0.1) is 17.8 Å². The van der Waals surface area contributed by atoms with Gasteiger partial charge in [-0.2, -0.15) is 0 Å². The van der Waals surface area contributed by atoms with E-state index in [1.54, 1.807) is 6.92 Å². The van der Waals surface area contributed by atoms with E-state index in [0.717, 1.165) is 17.4 Å². The number of fused-ring (bicyclic) bond motifs is 1. The lowest BCUT2D eigenvalue weighted by molar-refractivity contribution is -0.140. The first-order valence-corrected chi connectivity index (χ1v) is 13.4. The van der Waals surface area contributed by atoms with E-state index in [9.17, 15) is 9.90 Å². The number of aryl methyl sites for hydroxylation is 1. The predicted molar refractivity (Wildman–Crippen MR) is 142 cm³/mol. The monoisotopic (exact) mass is 464 g/mol. The van der Waals surface area contributed by atoms with Crippen LogP contribution in [0.3, 0.4) is 0 Å². The Hall–Kier alpha value is -2.13. The summed E-state index contributed by atoms with van der Waals surface area (Å²) in [4.78, 5) is 11.6. The number of benzene rings is 2. The minimum Gasteiger partial charge on any atom is -0.462 e. The molecular formula is C31H44O3. The normalized spacial score (nSPS) is 19.1. The smallest absolute Gasteiger partial charge is 0.333 e. The van der Waals surface area contributed by atoms with E-state index in [2.05, 4.69) is 49.9 Å². The first-order valence-electron chi connectivity index (χ1n) is 13.4. The van der Waals surface area contributed by atoms with Gasteiger partial charge in [0.2, 0.25) is 0 Å². The van der Waals surface area contributed by atoms with Crippen molar-refractivity contribution in [2.75, 3.05) is 13.2 Å². The fraction of sp³-hybridized carbons (Fsp3) is 0.581. The van der Waals surface area contributed by atoms with Crippen LogP contribution >= 0.6 is 0 Å². The Bertz CT molecular complexity index is 923. The zero-order valence-corrected chi connectivity index (χ0v) is 21.4. The molecule has 0 radical (unpaired) electrons. The molecule has 1 unspecified atom stereocenters. The quantitative estimate of drug-likeness (QED) is 0.190. The number of carbonyl (C=O) groups is 1. The van der Waals surface area contributed by atoms with Gasteiger partial charge in [0, 0.05) is 18.1 Å². The van der Waals surface area contributed by atoms with Gasteiger partial charge < -0.3 is 9.84 Å². The van der Waals surface area contributed by atoms with Crippen molar-refractivity contribution in [2.45, 2.75) is 84.5 Å². The van der Waals surface area contributed by atoms with Gasteiger partial charge in [-0.15, -0.1) is 0 Å². The molecule has 3 nitrogen and oxygen atoms in total. The van der Waals surface area contributed by atoms with Crippen LogP contribution in [-0.2, 0) is 22.4 Å². The van der Waals surface area contributed by atoms with Gasteiger partial charge in [-0.25, -0.2) is 4.79 Å². The second-order valence-electron chi connectivity index (χ2n) is 10.6. The molecule has 0 amide bonds. The molecule has 3 rings (SSSR count). The van der Waals surface area contributed by atoms with Crippen molar-refractivity contribution in [3.63, 3.8) is 0 Å². The highest BCUT2D eigenvalue weighted by atomic mass is 16.5. The highest BCUT2D eigenvalue weighted by molar-refractivity contribution is 5.87. The SMILES string of the molecule is C=C(C)C(=O)OCC(CO)Cc1ccc2cc(CCC3CCC(CCCCC)CC3)ccc2c1. The number of aliphatic hydroxyl groups excluding tert-OH is 1. The molecule has 3 heteroatoms. The zero-order valence-electron chi connectivity index (χ0n) is 21.4. The summed E-state index contributed by atoms with van der Waals surface area (Å²) in [6.07, 6.45) is 14.5. The Morgan fingerprint density at radius 2 is 1.62 bits per heavy atom. The second-order valence-corrected chi connectivity index (χ2v) is 10.6. The largest absolute Gasteiger partial charge is 0.462 e. The minimum atomic E-state index is -0.399. The third-order valence-corrected chi connectivity index (χ3v) is 7.57. The molecule has 1 atom stereocenters. The van der Waals surface area contributed by atoms with Crippen LogP contribution in [0.4, 0.5) is 0 Å². The summed E-state index contributed by atoms with van der Waals surface area (Å²) in [5, 5.41) is 12.2. The van der Waals surface area contributed by atoms with Gasteiger partial charge in [0.1, 0.15) is 0 Å². The standard InChI is InChI=1S/C31H44O3/c1-4-5-6-7-24-8-10-25(11-9-24)12-13-26-14-16-30-20-27(15-17-29(30)19-26)18-28(21-32)22-34-31(33)23(2)3/h14-17,19-20,24-25,28,32H,2,4-13,18,21-22H2,1,3H3. The number of aliphatic hydroxyl groups is 1. The van der Waals surface area contributed by atoms with Crippen molar-refractivity contribution in [3.05, 3.63) is 59.7 Å². The van der Waals surface area contributed by atoms with Crippen molar-refractivity contribution in [1.29, 1.82) is 0 Å². The number of unbranched alkanes of at least 4 members (excludes halogenated alkanes) is 2. The molecule has 0 saturated heterocycles. The fourth-order valence-electron chi connectivity index (χ4n) is 5.32. The van der Waals surface area contributed by atoms with Crippen LogP contribution in [0.1, 0.15) is 82.8 Å². The van der Waals surface area contributed by atoms with E-state index in [-0.39, 0.29) is 19.1 Å². The lowest BCUT2D eigenvalue weighted by atomic mass is 9.77. The van der Waals surface area contributed by atoms with Crippen molar-refractivity contribution in [3.8, 4) is 0 Å². The van der Waals surface area contributed by atoms with E-state index in [4.69, 9.17) is 4.74 Å². The molecule has 0 spiro atoms. The van der Waals surface area contributed by atoms with Crippen molar-refractivity contribution in [2.24, 2.45) is 17.8 Å². The van der Waals surface area contributed by atoms with E-state index in [0.29, 0.717) is 12.0 Å². The number of hydrogen-bond donors (Lipinski definition) is 1. The van der Waals surface area contributed by atoms with Gasteiger partial charge >= 0.3 is 5.97 Å². The second kappa shape index (κ2) is 13.7. The maximum atomic E-state index is 11.6. The zero-order chi connectivity index (χ0) is 24.3. The first-order chi connectivity index (χ1) is 16.5. The molecule has 1 N–H and O–H groups in total. The molecule has 0 aliphatic heterocycles. The summed E-state index contributed by atoms with van der Waals surface area (Å²) in [6.45, 7) is 7.72. The van der Waals surface area contributed by atoms with E-state index in [1.165, 1.54) is 80.5 Å². The molecule has 1 fully saturated rings. The summed E-state index contributed by atoms with van der Waals surface area (Å²) in [5.74, 6) is 1.38. The van der Waals surface area contributed by atoms with E-state index in [1.807, 2.05) is 0 Å². The Balaban J connectivity index is 1.48. The first kappa shape index (κ1) is 26.5. The van der Waals surface area contributed by atoms with Crippen LogP contribution < -0.4 is 0 Å². The van der Waals surface area contributed by atoms with Gasteiger partial charge in [0.15, 0.2) is 0 Å². The molecule has 34 heavy (non-hydrogen) atoms. The van der Waals surface area contributed by atoms with Crippen LogP contribution in [0.5, 0.6) is 0 Å². The van der Waals surface area contributed by atoms with Crippen LogP contribution in [-0.4, -0.2) is 24.3 Å². The Morgan fingerprint density at radius 1 is 1.00 bits per heavy atom. The highest BCUT2D eigenvalue weighted by Crippen LogP contribution is 2.34. The molecule has 0 heterocycles. The van der Waals surface area contributed by atoms with Gasteiger partial charge in [0.05, 0.1) is 6.61 Å². The minimum absolute atomic E-state index is 0.0128. The summed E-state index contributed by atoms with van der Waals surface area (Å²) < 4.78 is 5.24.